The van der Waals surface area contributed by atoms with Crippen LogP contribution >= 0.6 is 11.8 Å². The van der Waals surface area contributed by atoms with Gasteiger partial charge in [0.25, 0.3) is 0 Å². The van der Waals surface area contributed by atoms with Crippen molar-refractivity contribution in [2.24, 2.45) is 4.99 Å². The van der Waals surface area contributed by atoms with E-state index in [-0.39, 0.29) is 0 Å². The van der Waals surface area contributed by atoms with Gasteiger partial charge in [-0.15, -0.1) is 11.8 Å². The molecule has 2 rings (SSSR count). The molecule has 1 aliphatic carbocycles. The van der Waals surface area contributed by atoms with E-state index < -0.39 is 6.67 Å². The predicted molar refractivity (Wildman–Crippen MR) is 104 cm³/mol. The zero-order valence-electron chi connectivity index (χ0n) is 14.7. The number of alkyl halides is 1. The number of aliphatic imine (C=N–C) groups is 1. The summed E-state index contributed by atoms with van der Waals surface area (Å²) in [5, 5.41) is 7.87. The highest BCUT2D eigenvalue weighted by molar-refractivity contribution is 8.14. The first-order valence-corrected chi connectivity index (χ1v) is 9.29. The van der Waals surface area contributed by atoms with Gasteiger partial charge in [0.1, 0.15) is 6.67 Å². The van der Waals surface area contributed by atoms with Crippen LogP contribution in [0.3, 0.4) is 0 Å². The molecule has 1 aliphatic heterocycles. The van der Waals surface area contributed by atoms with Crippen LogP contribution in [-0.4, -0.2) is 30.7 Å². The summed E-state index contributed by atoms with van der Waals surface area (Å²) in [5.74, 6) is 0.973. The Labute approximate surface area is 148 Å². The van der Waals surface area contributed by atoms with Gasteiger partial charge in [-0.25, -0.2) is 9.38 Å². The van der Waals surface area contributed by atoms with Crippen LogP contribution in [0.2, 0.25) is 0 Å². The molecule has 0 saturated carbocycles. The van der Waals surface area contributed by atoms with E-state index in [0.29, 0.717) is 13.2 Å². The van der Waals surface area contributed by atoms with Crippen molar-refractivity contribution in [2.75, 3.05) is 25.6 Å². The molecule has 24 heavy (non-hydrogen) atoms. The molecule has 2 aliphatic rings. The number of fused-ring (bicyclic) bond motifs is 1. The van der Waals surface area contributed by atoms with Gasteiger partial charge in [0, 0.05) is 18.0 Å². The van der Waals surface area contributed by atoms with E-state index in [1.54, 1.807) is 6.08 Å². The summed E-state index contributed by atoms with van der Waals surface area (Å²) in [6.07, 6.45) is 11.1. The number of allylic oxidation sites excluding steroid dienone is 7. The average Bonchev–Trinajstić information content (AvgIpc) is 2.58. The molecular weight excluding hydrogens is 321 g/mol. The third kappa shape index (κ3) is 5.49. The van der Waals surface area contributed by atoms with Gasteiger partial charge in [0.05, 0.1) is 17.4 Å². The number of hydrogen-bond donors (Lipinski definition) is 2. The topological polar surface area (TPSA) is 36.4 Å². The fraction of sp³-hybridized carbons (Fsp3) is 0.421. The lowest BCUT2D eigenvalue weighted by Gasteiger charge is -2.18. The molecule has 0 saturated heterocycles. The first kappa shape index (κ1) is 18.7. The number of thioether (sulfide) groups is 1. The first-order chi connectivity index (χ1) is 11.6. The fourth-order valence-corrected chi connectivity index (χ4v) is 3.29. The average molecular weight is 348 g/mol. The van der Waals surface area contributed by atoms with Gasteiger partial charge in [-0.2, -0.15) is 0 Å². The van der Waals surface area contributed by atoms with Crippen molar-refractivity contribution >= 4 is 16.8 Å². The molecule has 0 fully saturated rings. The molecule has 0 amide bonds. The van der Waals surface area contributed by atoms with Crippen LogP contribution in [0, 0.1) is 0 Å². The molecule has 0 aromatic carbocycles. The molecule has 3 nitrogen and oxygen atoms in total. The summed E-state index contributed by atoms with van der Waals surface area (Å²) >= 11 is 1.82. The molecule has 5 heteroatoms. The smallest absolute Gasteiger partial charge is 0.108 e. The molecule has 1 heterocycles. The predicted octanol–water partition coefficient (Wildman–Crippen LogP) is 4.25. The quantitative estimate of drug-likeness (QED) is 0.411. The normalized spacial score (nSPS) is 22.7. The summed E-state index contributed by atoms with van der Waals surface area (Å²) in [6, 6.07) is 0. The molecule has 0 radical (unpaired) electrons. The number of hydrogen-bond acceptors (Lipinski definition) is 4. The molecular formula is C19H26FN3S. The van der Waals surface area contributed by atoms with Crippen molar-refractivity contribution in [2.45, 2.75) is 27.2 Å². The standard InChI is InChI=1S/C19H26FN3S/c1-4-19-23-18-7-5-15(3)17(8-6-16(18)12-24-19)22-13-21-11-14(2)9-10-20/h5-9,21-22H,4,10-13H2,1-3H3/b7-5?,8-6?,14-9+,15-5-,16-6?,17-8+,17-15?,18-7?. The fourth-order valence-electron chi connectivity index (χ4n) is 2.36. The molecule has 0 aromatic heterocycles. The highest BCUT2D eigenvalue weighted by Crippen LogP contribution is 2.28. The Balaban J connectivity index is 1.99. The van der Waals surface area contributed by atoms with E-state index in [1.807, 2.05) is 18.7 Å². The maximum absolute atomic E-state index is 12.2. The van der Waals surface area contributed by atoms with E-state index in [9.17, 15) is 4.39 Å². The Morgan fingerprint density at radius 1 is 1.33 bits per heavy atom. The highest BCUT2D eigenvalue weighted by atomic mass is 32.2. The second kappa shape index (κ2) is 9.64. The van der Waals surface area contributed by atoms with Crippen molar-refractivity contribution < 1.29 is 4.39 Å². The molecule has 0 aromatic rings. The lowest BCUT2D eigenvalue weighted by atomic mass is 10.1. The first-order valence-electron chi connectivity index (χ1n) is 8.30. The van der Waals surface area contributed by atoms with Crippen LogP contribution in [0.25, 0.3) is 0 Å². The Bertz CT molecular complexity index is 639. The molecule has 130 valence electrons. The maximum Gasteiger partial charge on any atom is 0.108 e. The molecule has 0 spiro atoms. The van der Waals surface area contributed by atoms with Crippen molar-refractivity contribution in [3.05, 3.63) is 58.5 Å². The Hall–Kier alpha value is -1.59. The van der Waals surface area contributed by atoms with Crippen molar-refractivity contribution in [1.29, 1.82) is 0 Å². The van der Waals surface area contributed by atoms with Crippen LogP contribution in [0.4, 0.5) is 4.39 Å². The molecule has 0 bridgehead atoms. The molecule has 0 unspecified atom stereocenters. The van der Waals surface area contributed by atoms with Gasteiger partial charge in [-0.05, 0) is 43.6 Å². The monoisotopic (exact) mass is 347 g/mol. The number of nitrogens with one attached hydrogen (secondary N) is 2. The van der Waals surface area contributed by atoms with E-state index in [4.69, 9.17) is 4.99 Å². The maximum atomic E-state index is 12.2. The van der Waals surface area contributed by atoms with Crippen LogP contribution in [0.5, 0.6) is 0 Å². The summed E-state index contributed by atoms with van der Waals surface area (Å²) in [4.78, 5) is 4.72. The Morgan fingerprint density at radius 3 is 2.92 bits per heavy atom. The number of halogens is 1. The van der Waals surface area contributed by atoms with Crippen molar-refractivity contribution in [1.82, 2.24) is 10.6 Å². The van der Waals surface area contributed by atoms with Gasteiger partial charge < -0.3 is 5.32 Å². The summed E-state index contributed by atoms with van der Waals surface area (Å²) in [5.41, 5.74) is 5.60. The van der Waals surface area contributed by atoms with Gasteiger partial charge in [0.15, 0.2) is 0 Å². The van der Waals surface area contributed by atoms with Gasteiger partial charge in [0.2, 0.25) is 0 Å². The number of rotatable bonds is 7. The van der Waals surface area contributed by atoms with Crippen LogP contribution in [0.1, 0.15) is 27.2 Å². The molecule has 0 atom stereocenters. The second-order valence-corrected chi connectivity index (χ2v) is 6.86. The minimum Gasteiger partial charge on any atom is -0.372 e. The number of nitrogens with zero attached hydrogens (tertiary/aromatic N) is 1. The van der Waals surface area contributed by atoms with Crippen molar-refractivity contribution in [3.63, 3.8) is 0 Å². The summed E-state index contributed by atoms with van der Waals surface area (Å²) in [6.45, 7) is 7.08. The van der Waals surface area contributed by atoms with Gasteiger partial charge in [-0.1, -0.05) is 30.7 Å². The van der Waals surface area contributed by atoms with Crippen LogP contribution < -0.4 is 10.6 Å². The minimum atomic E-state index is -0.406. The van der Waals surface area contributed by atoms with Gasteiger partial charge >= 0.3 is 0 Å². The van der Waals surface area contributed by atoms with E-state index in [2.05, 4.69) is 48.8 Å². The van der Waals surface area contributed by atoms with Crippen LogP contribution in [-0.2, 0) is 0 Å². The lowest BCUT2D eigenvalue weighted by molar-refractivity contribution is 0.557. The zero-order chi connectivity index (χ0) is 17.4. The van der Waals surface area contributed by atoms with E-state index >= 15 is 0 Å². The zero-order valence-corrected chi connectivity index (χ0v) is 15.5. The lowest BCUT2D eigenvalue weighted by Crippen LogP contribution is -2.30. The second-order valence-electron chi connectivity index (χ2n) is 5.81. The minimum absolute atomic E-state index is 0.406. The highest BCUT2D eigenvalue weighted by Gasteiger charge is 2.14. The van der Waals surface area contributed by atoms with E-state index in [1.165, 1.54) is 16.2 Å². The summed E-state index contributed by atoms with van der Waals surface area (Å²) < 4.78 is 12.2. The Morgan fingerprint density at radius 2 is 2.17 bits per heavy atom. The van der Waals surface area contributed by atoms with Crippen molar-refractivity contribution in [3.8, 4) is 0 Å². The Kier molecular flexibility index (Phi) is 7.53. The SMILES string of the molecule is CCC1=NC2=C/C=C(C)\C(NCNC/C(C)=C/CF)=C/C=C2CS1. The van der Waals surface area contributed by atoms with Crippen LogP contribution in [0.15, 0.2) is 63.5 Å². The summed E-state index contributed by atoms with van der Waals surface area (Å²) in [7, 11) is 0. The third-order valence-corrected chi connectivity index (χ3v) is 5.04. The largest absolute Gasteiger partial charge is 0.372 e. The third-order valence-electron chi connectivity index (χ3n) is 3.87. The van der Waals surface area contributed by atoms with E-state index in [0.717, 1.165) is 29.1 Å². The van der Waals surface area contributed by atoms with Gasteiger partial charge in [-0.3, -0.25) is 5.32 Å². The molecule has 2 N–H and O–H groups in total.